The van der Waals surface area contributed by atoms with Crippen molar-refractivity contribution in [2.75, 3.05) is 4.90 Å². The van der Waals surface area contributed by atoms with Crippen molar-refractivity contribution in [1.29, 1.82) is 0 Å². The number of hydrogen-bond donors (Lipinski definition) is 0. The summed E-state index contributed by atoms with van der Waals surface area (Å²) in [5.74, 6) is 1.71. The van der Waals surface area contributed by atoms with Gasteiger partial charge in [0.05, 0.1) is 28.2 Å². The summed E-state index contributed by atoms with van der Waals surface area (Å²) in [6.45, 7) is 18.0. The van der Waals surface area contributed by atoms with E-state index in [9.17, 15) is 0 Å². The largest absolute Gasteiger partial charge is 0.441 e. The summed E-state index contributed by atoms with van der Waals surface area (Å²) in [4.78, 5) is 7.46. The maximum atomic E-state index is 5.89. The van der Waals surface area contributed by atoms with Crippen molar-refractivity contribution < 1.29 is 25.6 Å². The van der Waals surface area contributed by atoms with Crippen molar-refractivity contribution >= 4 is 51.4 Å². The fourth-order valence-corrected chi connectivity index (χ4v) is 11.2. The third-order valence-corrected chi connectivity index (χ3v) is 14.7. The zero-order valence-electron chi connectivity index (χ0n) is 42.8. The topological polar surface area (TPSA) is 48.9 Å². The molecule has 0 aliphatic carbocycles. The Balaban J connectivity index is 0.00000556. The smallest absolute Gasteiger partial charge is 0.268 e. The fourth-order valence-electron chi connectivity index (χ4n) is 11.2. The SMILES string of the molecule is Cc1cccc(C)c1-n1c2c(c3c1=CN(C(C)(C)C)c1ccc(-n4[c-][n+](-c5c(-c6ccccc6)cccc5-c5ccccc5)c5ccccc54)[c-]c1-3)[N-]c1c(c3ccccc3n1-c1cc(C(C)(C)C)ccn1)C=2.[Pt]. The van der Waals surface area contributed by atoms with Crippen LogP contribution < -0.4 is 20.2 Å². The molecule has 7 nitrogen and oxygen atoms in total. The van der Waals surface area contributed by atoms with Gasteiger partial charge in [-0.1, -0.05) is 178 Å². The first kappa shape index (κ1) is 47.0. The second-order valence-corrected chi connectivity index (χ2v) is 21.5. The van der Waals surface area contributed by atoms with Crippen LogP contribution in [0.2, 0.25) is 0 Å². The zero-order valence-corrected chi connectivity index (χ0v) is 45.1. The van der Waals surface area contributed by atoms with E-state index < -0.39 is 0 Å². The number of para-hydroxylation sites is 5. The van der Waals surface area contributed by atoms with Crippen molar-refractivity contribution in [1.82, 2.24) is 18.7 Å². The molecule has 0 fully saturated rings. The molecule has 74 heavy (non-hydrogen) atoms. The molecule has 0 N–H and O–H groups in total. The van der Waals surface area contributed by atoms with Gasteiger partial charge in [-0.2, -0.15) is 0 Å². The van der Waals surface area contributed by atoms with Gasteiger partial charge in [0, 0.05) is 49.7 Å². The number of fused-ring (bicyclic) bond motifs is 9. The average molecular weight is 1140 g/mol. The predicted molar refractivity (Wildman–Crippen MR) is 300 cm³/mol. The Hall–Kier alpha value is -7.99. The van der Waals surface area contributed by atoms with Crippen LogP contribution in [0.15, 0.2) is 176 Å². The van der Waals surface area contributed by atoms with Crippen molar-refractivity contribution in [3.8, 4) is 56.3 Å². The fraction of sp³-hybridized carbons (Fsp3) is 0.152. The summed E-state index contributed by atoms with van der Waals surface area (Å²) in [7, 11) is 0. The molecule has 0 saturated heterocycles. The van der Waals surface area contributed by atoms with Gasteiger partial charge in [-0.05, 0) is 131 Å². The molecule has 0 atom stereocenters. The summed E-state index contributed by atoms with van der Waals surface area (Å²) in [5, 5.41) is 9.11. The monoisotopic (exact) mass is 1140 g/mol. The zero-order chi connectivity index (χ0) is 49.9. The van der Waals surface area contributed by atoms with E-state index in [1.807, 2.05) is 6.20 Å². The second-order valence-electron chi connectivity index (χ2n) is 21.5. The third-order valence-electron chi connectivity index (χ3n) is 14.7. The molecule has 0 unspecified atom stereocenters. The summed E-state index contributed by atoms with van der Waals surface area (Å²) in [6, 6.07) is 64.8. The maximum absolute atomic E-state index is 5.89. The first-order chi connectivity index (χ1) is 35.3. The van der Waals surface area contributed by atoms with Gasteiger partial charge in [-0.15, -0.1) is 23.8 Å². The molecule has 2 aliphatic heterocycles. The average Bonchev–Trinajstić information content (AvgIpc) is 4.07. The maximum Gasteiger partial charge on any atom is 0.268 e. The Bertz CT molecular complexity index is 4080. The van der Waals surface area contributed by atoms with Crippen LogP contribution in [0, 0.1) is 26.2 Å². The minimum absolute atomic E-state index is 0. The van der Waals surface area contributed by atoms with Gasteiger partial charge >= 0.3 is 0 Å². The molecule has 0 amide bonds. The van der Waals surface area contributed by atoms with Gasteiger partial charge in [-0.25, -0.2) is 0 Å². The Morgan fingerprint density at radius 1 is 0.622 bits per heavy atom. The minimum atomic E-state index is -0.289. The number of hydrogen-bond acceptors (Lipinski definition) is 2. The number of benzene rings is 7. The van der Waals surface area contributed by atoms with E-state index in [4.69, 9.17) is 10.3 Å². The molecule has 13 rings (SSSR count). The van der Waals surface area contributed by atoms with Gasteiger partial charge in [0.1, 0.15) is 0 Å². The van der Waals surface area contributed by atoms with Crippen molar-refractivity contribution in [3.63, 3.8) is 0 Å². The molecule has 2 aliphatic rings. The number of aryl methyl sites for hydroxylation is 2. The number of aromatic nitrogens is 5. The van der Waals surface area contributed by atoms with E-state index >= 15 is 0 Å². The summed E-state index contributed by atoms with van der Waals surface area (Å²) in [6.07, 6.45) is 10.6. The number of anilines is 1. The summed E-state index contributed by atoms with van der Waals surface area (Å²) < 4.78 is 9.16. The second kappa shape index (κ2) is 17.6. The molecule has 4 aromatic heterocycles. The van der Waals surface area contributed by atoms with E-state index in [1.165, 1.54) is 16.7 Å². The van der Waals surface area contributed by atoms with Gasteiger partial charge in [0.25, 0.3) is 6.33 Å². The number of nitrogens with zero attached hydrogens (tertiary/aromatic N) is 7. The number of rotatable bonds is 6. The molecule has 8 heteroatoms. The van der Waals surface area contributed by atoms with Crippen LogP contribution in [0.5, 0.6) is 0 Å². The molecule has 366 valence electrons. The van der Waals surface area contributed by atoms with Gasteiger partial charge in [-0.3, -0.25) is 9.55 Å². The quantitative estimate of drug-likeness (QED) is 0.123. The first-order valence-corrected chi connectivity index (χ1v) is 25.3. The van der Waals surface area contributed by atoms with Crippen molar-refractivity contribution in [2.45, 2.75) is 66.3 Å². The molecule has 7 aromatic carbocycles. The van der Waals surface area contributed by atoms with Crippen molar-refractivity contribution in [3.05, 3.63) is 227 Å². The van der Waals surface area contributed by atoms with E-state index in [0.29, 0.717) is 0 Å². The van der Waals surface area contributed by atoms with Crippen LogP contribution in [0.1, 0.15) is 63.8 Å². The molecule has 0 spiro atoms. The molecule has 6 heterocycles. The third kappa shape index (κ3) is 7.42. The Morgan fingerprint density at radius 2 is 1.26 bits per heavy atom. The summed E-state index contributed by atoms with van der Waals surface area (Å²) in [5.41, 5.74) is 19.0. The van der Waals surface area contributed by atoms with Crippen LogP contribution in [0.3, 0.4) is 0 Å². The van der Waals surface area contributed by atoms with E-state index in [1.54, 1.807) is 0 Å². The molecule has 0 radical (unpaired) electrons. The van der Waals surface area contributed by atoms with Crippen LogP contribution >= 0.6 is 0 Å². The standard InChI is InChI=1S/C66H55N7.Pt/c1-42-21-19-22-43(2)62(42)72-57-39-51-50-27-15-16-30-54(50)73(59-37-46(35-36-67-59)65(3,4)5)64(51)68-61(57)60-52-38-47(33-34-53(52)71(40-58(60)72)66(6,7)8)69-41-70(56-32-18-17-31-55(56)69)63-48(44-23-11-9-12-24-44)28-20-29-49(63)45-25-13-10-14-26-45;/h9-37,39-40H,1-8H3;/q-2;. The molecule has 11 aromatic rings. The summed E-state index contributed by atoms with van der Waals surface area (Å²) >= 11 is 0. The van der Waals surface area contributed by atoms with E-state index in [-0.39, 0.29) is 32.0 Å². The normalized spacial score (nSPS) is 12.8. The van der Waals surface area contributed by atoms with Gasteiger partial charge in [0.2, 0.25) is 0 Å². The Morgan fingerprint density at radius 3 is 1.93 bits per heavy atom. The van der Waals surface area contributed by atoms with Crippen LogP contribution in [0.25, 0.3) is 95.8 Å². The van der Waals surface area contributed by atoms with E-state index in [2.05, 4.69) is 273 Å². The molecule has 0 saturated carbocycles. The van der Waals surface area contributed by atoms with Gasteiger partial charge < -0.3 is 23.9 Å². The Labute approximate surface area is 447 Å². The predicted octanol–water partition coefficient (Wildman–Crippen LogP) is 14.4. The van der Waals surface area contributed by atoms with Crippen molar-refractivity contribution in [2.24, 2.45) is 0 Å². The number of imidazole rings is 1. The van der Waals surface area contributed by atoms with Crippen LogP contribution in [-0.2, 0) is 26.5 Å². The van der Waals surface area contributed by atoms with Crippen LogP contribution in [0.4, 0.5) is 17.2 Å². The van der Waals surface area contributed by atoms with E-state index in [0.717, 1.165) is 112 Å². The van der Waals surface area contributed by atoms with Crippen LogP contribution in [-0.4, -0.2) is 24.2 Å². The first-order valence-electron chi connectivity index (χ1n) is 25.3. The molecular weight excluding hydrogens is 1090 g/mol. The molecular formula is C66H55N7Pt-2. The minimum Gasteiger partial charge on any atom is -0.441 e. The Kier molecular flexibility index (Phi) is 11.2. The number of pyridine rings is 1. The molecule has 0 bridgehead atoms. The van der Waals surface area contributed by atoms with Gasteiger partial charge in [0.15, 0.2) is 0 Å².